The zero-order chi connectivity index (χ0) is 13.2. The Morgan fingerprint density at radius 2 is 2.22 bits per heavy atom. The van der Waals surface area contributed by atoms with Gasteiger partial charge < -0.3 is 4.52 Å². The summed E-state index contributed by atoms with van der Waals surface area (Å²) in [6, 6.07) is 5.13. The Morgan fingerprint density at radius 3 is 2.78 bits per heavy atom. The lowest BCUT2D eigenvalue weighted by atomic mass is 10.3. The number of nitrogens with zero attached hydrogens (tertiary/aromatic N) is 1. The quantitative estimate of drug-likeness (QED) is 0.913. The molecule has 0 fully saturated rings. The molecule has 0 atom stereocenters. The van der Waals surface area contributed by atoms with Gasteiger partial charge in [0.05, 0.1) is 12.2 Å². The highest BCUT2D eigenvalue weighted by molar-refractivity contribution is 7.91. The van der Waals surface area contributed by atoms with Crippen LogP contribution in [0.1, 0.15) is 23.3 Å². The Labute approximate surface area is 110 Å². The predicted molar refractivity (Wildman–Crippen MR) is 69.0 cm³/mol. The Morgan fingerprint density at radius 1 is 1.44 bits per heavy atom. The summed E-state index contributed by atoms with van der Waals surface area (Å²) in [5.41, 5.74) is 0.816. The van der Waals surface area contributed by atoms with Crippen molar-refractivity contribution in [3.8, 4) is 0 Å². The van der Waals surface area contributed by atoms with Gasteiger partial charge in [0.2, 0.25) is 10.0 Å². The Hall–Kier alpha value is -1.18. The smallest absolute Gasteiger partial charge is 0.250 e. The molecule has 0 aromatic carbocycles. The lowest BCUT2D eigenvalue weighted by molar-refractivity contribution is 0.375. The molecule has 7 heteroatoms. The van der Waals surface area contributed by atoms with E-state index in [1.54, 1.807) is 18.2 Å². The molecule has 2 rings (SSSR count). The summed E-state index contributed by atoms with van der Waals surface area (Å²) < 4.78 is 31.7. The number of hydrogen-bond acceptors (Lipinski definition) is 5. The summed E-state index contributed by atoms with van der Waals surface area (Å²) in [6.07, 6.45) is 0.764. The predicted octanol–water partition coefficient (Wildman–Crippen LogP) is 2.09. The van der Waals surface area contributed by atoms with Crippen LogP contribution >= 0.6 is 11.3 Å². The second kappa shape index (κ2) is 5.21. The van der Waals surface area contributed by atoms with E-state index in [4.69, 9.17) is 4.52 Å². The number of nitrogens with one attached hydrogen (secondary N) is 1. The number of hydrogen-bond donors (Lipinski definition) is 1. The maximum atomic E-state index is 11.9. The molecule has 0 aliphatic carbocycles. The topological polar surface area (TPSA) is 72.2 Å². The van der Waals surface area contributed by atoms with Crippen LogP contribution in [0.4, 0.5) is 0 Å². The van der Waals surface area contributed by atoms with Gasteiger partial charge in [-0.15, -0.1) is 11.3 Å². The molecular formula is C11H14N2O3S2. The van der Waals surface area contributed by atoms with Gasteiger partial charge in [0.1, 0.15) is 4.21 Å². The molecular weight excluding hydrogens is 272 g/mol. The second-order valence-electron chi connectivity index (χ2n) is 3.83. The van der Waals surface area contributed by atoms with Gasteiger partial charge in [0, 0.05) is 10.9 Å². The molecule has 0 aliphatic rings. The highest BCUT2D eigenvalue weighted by Gasteiger charge is 2.16. The summed E-state index contributed by atoms with van der Waals surface area (Å²) in [6.45, 7) is 3.94. The molecule has 0 spiro atoms. The van der Waals surface area contributed by atoms with Crippen molar-refractivity contribution < 1.29 is 12.9 Å². The number of aromatic nitrogens is 1. The van der Waals surface area contributed by atoms with Crippen LogP contribution in [0.5, 0.6) is 0 Å². The SMILES string of the molecule is CCc1cc(CNS(=O)(=O)c2ccc(C)s2)on1. The minimum absolute atomic E-state index is 0.117. The molecule has 18 heavy (non-hydrogen) atoms. The van der Waals surface area contributed by atoms with Crippen LogP contribution in [0, 0.1) is 6.92 Å². The van der Waals surface area contributed by atoms with E-state index in [0.29, 0.717) is 9.97 Å². The van der Waals surface area contributed by atoms with Crippen molar-refractivity contribution in [2.24, 2.45) is 0 Å². The van der Waals surface area contributed by atoms with Crippen molar-refractivity contribution in [1.29, 1.82) is 0 Å². The Balaban J connectivity index is 2.05. The van der Waals surface area contributed by atoms with Gasteiger partial charge in [-0.1, -0.05) is 12.1 Å². The number of thiophene rings is 1. The van der Waals surface area contributed by atoms with Crippen LogP contribution in [0.2, 0.25) is 0 Å². The minimum Gasteiger partial charge on any atom is -0.360 e. The van der Waals surface area contributed by atoms with E-state index >= 15 is 0 Å². The highest BCUT2D eigenvalue weighted by Crippen LogP contribution is 2.20. The number of aryl methyl sites for hydroxylation is 2. The molecule has 5 nitrogen and oxygen atoms in total. The lowest BCUT2D eigenvalue weighted by Gasteiger charge is -2.01. The fourth-order valence-corrected chi connectivity index (χ4v) is 3.72. The van der Waals surface area contributed by atoms with Crippen molar-refractivity contribution in [3.63, 3.8) is 0 Å². The molecule has 0 unspecified atom stereocenters. The normalized spacial score (nSPS) is 11.9. The molecule has 2 aromatic rings. The zero-order valence-electron chi connectivity index (χ0n) is 10.1. The molecule has 0 bridgehead atoms. The van der Waals surface area contributed by atoms with E-state index in [2.05, 4.69) is 9.88 Å². The van der Waals surface area contributed by atoms with Gasteiger partial charge >= 0.3 is 0 Å². The van der Waals surface area contributed by atoms with Crippen LogP contribution < -0.4 is 4.72 Å². The molecule has 1 N–H and O–H groups in total. The fraction of sp³-hybridized carbons (Fsp3) is 0.364. The first kappa shape index (κ1) is 13.3. The van der Waals surface area contributed by atoms with Gasteiger partial charge in [-0.3, -0.25) is 0 Å². The average Bonchev–Trinajstić information content (AvgIpc) is 2.95. The van der Waals surface area contributed by atoms with Gasteiger partial charge in [0.25, 0.3) is 0 Å². The highest BCUT2D eigenvalue weighted by atomic mass is 32.2. The molecule has 0 saturated heterocycles. The van der Waals surface area contributed by atoms with Crippen LogP contribution in [-0.4, -0.2) is 13.6 Å². The number of rotatable bonds is 5. The van der Waals surface area contributed by atoms with Crippen LogP contribution in [-0.2, 0) is 23.0 Å². The standard InChI is InChI=1S/C11H14N2O3S2/c1-3-9-6-10(16-13-9)7-12-18(14,15)11-5-4-8(2)17-11/h4-6,12H,3,7H2,1-2H3. The Bertz CT molecular complexity index is 628. The second-order valence-corrected chi connectivity index (χ2v) is 7.11. The van der Waals surface area contributed by atoms with E-state index in [9.17, 15) is 8.42 Å². The summed E-state index contributed by atoms with van der Waals surface area (Å²) in [5.74, 6) is 0.517. The minimum atomic E-state index is -3.45. The van der Waals surface area contributed by atoms with E-state index in [-0.39, 0.29) is 6.54 Å². The van der Waals surface area contributed by atoms with Gasteiger partial charge in [-0.05, 0) is 25.5 Å². The van der Waals surface area contributed by atoms with Gasteiger partial charge in [-0.25, -0.2) is 13.1 Å². The first-order chi connectivity index (χ1) is 8.51. The summed E-state index contributed by atoms with van der Waals surface area (Å²) in [4.78, 5) is 0.961. The van der Waals surface area contributed by atoms with Crippen LogP contribution in [0.15, 0.2) is 26.9 Å². The molecule has 0 aliphatic heterocycles. The molecule has 98 valence electrons. The van der Waals surface area contributed by atoms with Crippen molar-refractivity contribution in [2.75, 3.05) is 0 Å². The molecule has 2 aromatic heterocycles. The molecule has 0 radical (unpaired) electrons. The fourth-order valence-electron chi connectivity index (χ4n) is 1.40. The van der Waals surface area contributed by atoms with Crippen molar-refractivity contribution in [3.05, 3.63) is 34.5 Å². The third-order valence-corrected chi connectivity index (χ3v) is 5.28. The third-order valence-electron chi connectivity index (χ3n) is 2.39. The maximum absolute atomic E-state index is 11.9. The van der Waals surface area contributed by atoms with E-state index in [1.165, 1.54) is 11.3 Å². The molecule has 0 amide bonds. The van der Waals surface area contributed by atoms with Crippen LogP contribution in [0.3, 0.4) is 0 Å². The summed E-state index contributed by atoms with van der Waals surface area (Å²) in [5, 5.41) is 3.80. The Kier molecular flexibility index (Phi) is 3.84. The van der Waals surface area contributed by atoms with Crippen molar-refractivity contribution in [2.45, 2.75) is 31.0 Å². The monoisotopic (exact) mass is 286 g/mol. The van der Waals surface area contributed by atoms with Crippen LogP contribution in [0.25, 0.3) is 0 Å². The molecule has 2 heterocycles. The van der Waals surface area contributed by atoms with Crippen molar-refractivity contribution in [1.82, 2.24) is 9.88 Å². The summed E-state index contributed by atoms with van der Waals surface area (Å²) >= 11 is 1.24. The van der Waals surface area contributed by atoms with Gasteiger partial charge in [-0.2, -0.15) is 0 Å². The summed E-state index contributed by atoms with van der Waals surface area (Å²) in [7, 11) is -3.45. The van der Waals surface area contributed by atoms with Crippen molar-refractivity contribution >= 4 is 21.4 Å². The first-order valence-electron chi connectivity index (χ1n) is 5.52. The zero-order valence-corrected chi connectivity index (χ0v) is 11.8. The van der Waals surface area contributed by atoms with Gasteiger partial charge in [0.15, 0.2) is 5.76 Å². The van der Waals surface area contributed by atoms with E-state index in [0.717, 1.165) is 17.0 Å². The number of sulfonamides is 1. The maximum Gasteiger partial charge on any atom is 0.250 e. The largest absolute Gasteiger partial charge is 0.360 e. The van der Waals surface area contributed by atoms with E-state index < -0.39 is 10.0 Å². The molecule has 0 saturated carbocycles. The lowest BCUT2D eigenvalue weighted by Crippen LogP contribution is -2.22. The van der Waals surface area contributed by atoms with E-state index in [1.807, 2.05) is 13.8 Å². The third kappa shape index (κ3) is 2.98. The average molecular weight is 286 g/mol. The first-order valence-corrected chi connectivity index (χ1v) is 7.82.